The molecular weight excluding hydrogens is 389 g/mol. The molecule has 0 saturated heterocycles. The number of hydrogen-bond donors (Lipinski definition) is 2. The first-order chi connectivity index (χ1) is 13.0. The van der Waals surface area contributed by atoms with Crippen molar-refractivity contribution < 1.29 is 14.3 Å². The number of carbonyl (C=O) groups is 2. The van der Waals surface area contributed by atoms with Crippen molar-refractivity contribution in [1.29, 1.82) is 0 Å². The number of benzene rings is 2. The van der Waals surface area contributed by atoms with Gasteiger partial charge in [-0.25, -0.2) is 5.43 Å². The fourth-order valence-electron chi connectivity index (χ4n) is 2.28. The molecule has 2 rings (SSSR count). The predicted molar refractivity (Wildman–Crippen MR) is 108 cm³/mol. The van der Waals surface area contributed by atoms with E-state index in [1.807, 2.05) is 26.0 Å². The van der Waals surface area contributed by atoms with Gasteiger partial charge in [-0.1, -0.05) is 48.3 Å². The van der Waals surface area contributed by atoms with Gasteiger partial charge in [0.15, 0.2) is 5.75 Å². The Bertz CT molecular complexity index is 846. The summed E-state index contributed by atoms with van der Waals surface area (Å²) in [4.78, 5) is 23.9. The third kappa shape index (κ3) is 5.70. The quantitative estimate of drug-likeness (QED) is 0.430. The highest BCUT2D eigenvalue weighted by atomic mass is 35.5. The molecule has 0 aliphatic carbocycles. The molecule has 0 aliphatic heterocycles. The molecule has 2 amide bonds. The first-order valence-electron chi connectivity index (χ1n) is 8.30. The van der Waals surface area contributed by atoms with E-state index in [2.05, 4.69) is 15.8 Å². The molecule has 0 aromatic heterocycles. The van der Waals surface area contributed by atoms with E-state index in [-0.39, 0.29) is 0 Å². The molecule has 2 N–H and O–H groups in total. The van der Waals surface area contributed by atoms with E-state index in [0.29, 0.717) is 33.7 Å². The Morgan fingerprint density at radius 2 is 1.78 bits per heavy atom. The van der Waals surface area contributed by atoms with Crippen LogP contribution in [0.4, 0.5) is 5.69 Å². The van der Waals surface area contributed by atoms with Crippen molar-refractivity contribution in [3.63, 3.8) is 0 Å². The highest BCUT2D eigenvalue weighted by Crippen LogP contribution is 2.33. The second kappa shape index (κ2) is 9.94. The molecule has 2 aromatic rings. The van der Waals surface area contributed by atoms with Crippen molar-refractivity contribution in [3.05, 3.63) is 57.6 Å². The molecule has 0 bridgehead atoms. The summed E-state index contributed by atoms with van der Waals surface area (Å²) in [7, 11) is 0. The van der Waals surface area contributed by atoms with E-state index in [9.17, 15) is 9.59 Å². The van der Waals surface area contributed by atoms with Gasteiger partial charge < -0.3 is 10.1 Å². The molecule has 0 heterocycles. The number of aryl methyl sites for hydroxylation is 1. The van der Waals surface area contributed by atoms with E-state index in [1.165, 1.54) is 6.21 Å². The summed E-state index contributed by atoms with van der Waals surface area (Å²) in [6, 6.07) is 10.4. The van der Waals surface area contributed by atoms with Crippen LogP contribution in [0.5, 0.6) is 5.75 Å². The number of nitrogens with zero attached hydrogens (tertiary/aromatic N) is 1. The monoisotopic (exact) mass is 407 g/mol. The van der Waals surface area contributed by atoms with Gasteiger partial charge in [-0.2, -0.15) is 5.10 Å². The van der Waals surface area contributed by atoms with E-state index in [1.54, 1.807) is 24.3 Å². The molecule has 142 valence electrons. The second-order valence-corrected chi connectivity index (χ2v) is 6.23. The lowest BCUT2D eigenvalue weighted by Crippen LogP contribution is -2.32. The van der Waals surface area contributed by atoms with Crippen LogP contribution >= 0.6 is 23.2 Å². The maximum Gasteiger partial charge on any atom is 0.329 e. The first-order valence-corrected chi connectivity index (χ1v) is 9.06. The molecule has 0 spiro atoms. The van der Waals surface area contributed by atoms with Crippen molar-refractivity contribution in [1.82, 2.24) is 5.43 Å². The average molecular weight is 408 g/mol. The number of ether oxygens (including phenoxy) is 1. The minimum atomic E-state index is -0.889. The second-order valence-electron chi connectivity index (χ2n) is 5.41. The van der Waals surface area contributed by atoms with Gasteiger partial charge in [-0.3, -0.25) is 9.59 Å². The maximum absolute atomic E-state index is 12.0. The fraction of sp³-hybridized carbons (Fsp3) is 0.211. The molecule has 8 heteroatoms. The number of halogens is 2. The van der Waals surface area contributed by atoms with E-state index < -0.39 is 11.8 Å². The average Bonchev–Trinajstić information content (AvgIpc) is 2.65. The van der Waals surface area contributed by atoms with Crippen LogP contribution in [-0.2, 0) is 16.0 Å². The van der Waals surface area contributed by atoms with Crippen LogP contribution in [0.15, 0.2) is 41.5 Å². The number of carbonyl (C=O) groups excluding carboxylic acids is 2. The van der Waals surface area contributed by atoms with Gasteiger partial charge in [-0.15, -0.1) is 0 Å². The SMILES string of the molecule is CCOc1c(Cl)cc(/C=N\NC(=O)C(=O)Nc2ccccc2CC)cc1Cl. The molecule has 2 aromatic carbocycles. The van der Waals surface area contributed by atoms with Crippen molar-refractivity contribution in [2.45, 2.75) is 20.3 Å². The Hall–Kier alpha value is -2.57. The summed E-state index contributed by atoms with van der Waals surface area (Å²) < 4.78 is 5.34. The maximum atomic E-state index is 12.0. The van der Waals surface area contributed by atoms with E-state index in [0.717, 1.165) is 12.0 Å². The van der Waals surface area contributed by atoms with Crippen molar-refractivity contribution >= 4 is 46.9 Å². The number of hydrazone groups is 1. The molecule has 0 aliphatic rings. The zero-order valence-corrected chi connectivity index (χ0v) is 16.4. The summed E-state index contributed by atoms with van der Waals surface area (Å²) in [5, 5.41) is 6.98. The van der Waals surface area contributed by atoms with Gasteiger partial charge in [0.1, 0.15) is 0 Å². The van der Waals surface area contributed by atoms with E-state index >= 15 is 0 Å². The van der Waals surface area contributed by atoms with Gasteiger partial charge in [-0.05, 0) is 42.7 Å². The third-order valence-corrected chi connectivity index (χ3v) is 4.10. The highest BCUT2D eigenvalue weighted by molar-refractivity contribution is 6.39. The number of para-hydroxylation sites is 1. The molecule has 0 radical (unpaired) electrons. The Labute approximate surface area is 167 Å². The Morgan fingerprint density at radius 1 is 1.11 bits per heavy atom. The van der Waals surface area contributed by atoms with Crippen molar-refractivity contribution in [2.75, 3.05) is 11.9 Å². The van der Waals surface area contributed by atoms with Crippen LogP contribution in [0, 0.1) is 0 Å². The molecule has 27 heavy (non-hydrogen) atoms. The van der Waals surface area contributed by atoms with E-state index in [4.69, 9.17) is 27.9 Å². The highest BCUT2D eigenvalue weighted by Gasteiger charge is 2.14. The summed E-state index contributed by atoms with van der Waals surface area (Å²) in [6.45, 7) is 4.21. The summed E-state index contributed by atoms with van der Waals surface area (Å²) >= 11 is 12.2. The Balaban J connectivity index is 1.99. The zero-order chi connectivity index (χ0) is 19.8. The van der Waals surface area contributed by atoms with Crippen LogP contribution < -0.4 is 15.5 Å². The van der Waals surface area contributed by atoms with Gasteiger partial charge in [0.05, 0.1) is 22.9 Å². The Morgan fingerprint density at radius 3 is 2.41 bits per heavy atom. The molecule has 0 atom stereocenters. The van der Waals surface area contributed by atoms with Crippen LogP contribution in [0.2, 0.25) is 10.0 Å². The van der Waals surface area contributed by atoms with Crippen molar-refractivity contribution in [2.24, 2.45) is 5.10 Å². The minimum absolute atomic E-state index is 0.325. The van der Waals surface area contributed by atoms with Crippen LogP contribution in [0.3, 0.4) is 0 Å². The van der Waals surface area contributed by atoms with Gasteiger partial charge in [0.25, 0.3) is 0 Å². The molecule has 0 saturated carbocycles. The zero-order valence-electron chi connectivity index (χ0n) is 14.9. The number of nitrogens with one attached hydrogen (secondary N) is 2. The number of hydrogen-bond acceptors (Lipinski definition) is 4. The lowest BCUT2D eigenvalue weighted by Gasteiger charge is -2.09. The summed E-state index contributed by atoms with van der Waals surface area (Å²) in [5.74, 6) is -1.31. The number of amides is 2. The summed E-state index contributed by atoms with van der Waals surface area (Å²) in [5.41, 5.74) is 4.24. The molecule has 0 unspecified atom stereocenters. The topological polar surface area (TPSA) is 79.8 Å². The van der Waals surface area contributed by atoms with Gasteiger partial charge in [0, 0.05) is 5.69 Å². The summed E-state index contributed by atoms with van der Waals surface area (Å²) in [6.07, 6.45) is 2.06. The standard InChI is InChI=1S/C19H19Cl2N3O3/c1-3-13-7-5-6-8-16(13)23-18(25)19(26)24-22-11-12-9-14(20)17(27-4-2)15(21)10-12/h5-11H,3-4H2,1-2H3,(H,23,25)(H,24,26)/b22-11-. The molecular formula is C19H19Cl2N3O3. The molecule has 6 nitrogen and oxygen atoms in total. The fourth-order valence-corrected chi connectivity index (χ4v) is 2.90. The first kappa shape index (κ1) is 20.7. The van der Waals surface area contributed by atoms with Crippen molar-refractivity contribution in [3.8, 4) is 5.75 Å². The molecule has 0 fully saturated rings. The van der Waals surface area contributed by atoms with Gasteiger partial charge in [0.2, 0.25) is 0 Å². The lowest BCUT2D eigenvalue weighted by atomic mass is 10.1. The normalized spacial score (nSPS) is 10.7. The van der Waals surface area contributed by atoms with Crippen LogP contribution in [0.25, 0.3) is 0 Å². The minimum Gasteiger partial charge on any atom is -0.491 e. The predicted octanol–water partition coefficient (Wildman–Crippen LogP) is 4.04. The smallest absolute Gasteiger partial charge is 0.329 e. The Kier molecular flexibility index (Phi) is 7.64. The third-order valence-electron chi connectivity index (χ3n) is 3.54. The number of anilines is 1. The largest absolute Gasteiger partial charge is 0.491 e. The van der Waals surface area contributed by atoms with Crippen LogP contribution in [-0.4, -0.2) is 24.6 Å². The van der Waals surface area contributed by atoms with Crippen LogP contribution in [0.1, 0.15) is 25.0 Å². The lowest BCUT2D eigenvalue weighted by molar-refractivity contribution is -0.136. The number of rotatable bonds is 6. The van der Waals surface area contributed by atoms with Gasteiger partial charge >= 0.3 is 11.8 Å².